The summed E-state index contributed by atoms with van der Waals surface area (Å²) in [4.78, 5) is 15.3. The number of benzene rings is 2. The van der Waals surface area contributed by atoms with Crippen LogP contribution in [0.3, 0.4) is 0 Å². The highest BCUT2D eigenvalue weighted by molar-refractivity contribution is 7.89. The second kappa shape index (κ2) is 8.35. The van der Waals surface area contributed by atoms with Gasteiger partial charge in [-0.2, -0.15) is 15.0 Å². The van der Waals surface area contributed by atoms with Gasteiger partial charge in [-0.05, 0) is 17.7 Å². The third kappa shape index (κ3) is 4.15. The first kappa shape index (κ1) is 21.4. The molecule has 0 unspecified atom stereocenters. The van der Waals surface area contributed by atoms with Gasteiger partial charge < -0.3 is 5.11 Å². The molecule has 4 aromatic rings. The fraction of sp³-hybridized carbons (Fsp3) is 0.0476. The third-order valence-electron chi connectivity index (χ3n) is 4.66. The first-order valence-electron chi connectivity index (χ1n) is 9.16. The maximum absolute atomic E-state index is 11.5. The molecule has 0 fully saturated rings. The van der Waals surface area contributed by atoms with E-state index in [1.165, 1.54) is 22.2 Å². The molecule has 0 bridgehead atoms. The molecule has 11 heteroatoms. The van der Waals surface area contributed by atoms with E-state index in [1.54, 1.807) is 12.1 Å². The number of hydrogen-bond acceptors (Lipinski definition) is 7. The molecule has 2 aromatic heterocycles. The normalized spacial score (nSPS) is 11.2. The Bertz CT molecular complexity index is 1450. The summed E-state index contributed by atoms with van der Waals surface area (Å²) in [5.41, 5.74) is 2.75. The molecular weight excluding hydrogens is 450 g/mol. The molecular formula is C21H15N5O4S2. The van der Waals surface area contributed by atoms with Gasteiger partial charge in [0.05, 0.1) is 10.6 Å². The van der Waals surface area contributed by atoms with Crippen LogP contribution < -0.4 is 5.14 Å². The highest BCUT2D eigenvalue weighted by atomic mass is 32.2. The Morgan fingerprint density at radius 3 is 2.41 bits per heavy atom. The van der Waals surface area contributed by atoms with E-state index in [0.717, 1.165) is 22.5 Å². The van der Waals surface area contributed by atoms with Crippen LogP contribution in [0.5, 0.6) is 0 Å². The number of carboxylic acids is 1. The van der Waals surface area contributed by atoms with Gasteiger partial charge in [0.15, 0.2) is 11.4 Å². The fourth-order valence-corrected chi connectivity index (χ4v) is 4.43. The van der Waals surface area contributed by atoms with Crippen molar-refractivity contribution in [3.63, 3.8) is 0 Å². The third-order valence-corrected chi connectivity index (χ3v) is 6.41. The number of primary sulfonamides is 1. The number of hydrogen-bond donors (Lipinski definition) is 2. The second-order valence-electron chi connectivity index (χ2n) is 6.75. The second-order valence-corrected chi connectivity index (χ2v) is 9.15. The van der Waals surface area contributed by atoms with Gasteiger partial charge in [-0.15, -0.1) is 11.3 Å². The van der Waals surface area contributed by atoms with Crippen LogP contribution in [0.15, 0.2) is 64.9 Å². The van der Waals surface area contributed by atoms with Crippen molar-refractivity contribution in [1.82, 2.24) is 14.8 Å². The number of nitriles is 1. The van der Waals surface area contributed by atoms with E-state index in [1.807, 2.05) is 30.3 Å². The number of nitrogens with zero attached hydrogens (tertiary/aromatic N) is 4. The Morgan fingerprint density at radius 1 is 1.16 bits per heavy atom. The van der Waals surface area contributed by atoms with E-state index in [-0.39, 0.29) is 27.8 Å². The van der Waals surface area contributed by atoms with Crippen LogP contribution in [-0.4, -0.2) is 34.3 Å². The smallest absolute Gasteiger partial charge is 0.355 e. The summed E-state index contributed by atoms with van der Waals surface area (Å²) in [6.45, 7) is 0. The lowest BCUT2D eigenvalue weighted by molar-refractivity contribution is 0.0691. The average Bonchev–Trinajstić information content (AvgIpc) is 3.39. The first-order chi connectivity index (χ1) is 15.3. The number of sulfonamides is 1. The van der Waals surface area contributed by atoms with Crippen LogP contribution in [0.4, 0.5) is 0 Å². The van der Waals surface area contributed by atoms with Gasteiger partial charge in [-0.3, -0.25) is 0 Å². The molecule has 2 heterocycles. The van der Waals surface area contributed by atoms with E-state index in [0.29, 0.717) is 11.3 Å². The van der Waals surface area contributed by atoms with E-state index < -0.39 is 16.0 Å². The largest absolute Gasteiger partial charge is 0.476 e. The minimum absolute atomic E-state index is 0.00952. The van der Waals surface area contributed by atoms with Crippen molar-refractivity contribution in [1.29, 1.82) is 5.26 Å². The Balaban J connectivity index is 1.85. The Labute approximate surface area is 187 Å². The van der Waals surface area contributed by atoms with E-state index >= 15 is 0 Å². The number of carboxylic acid groups (broad SMARTS) is 1. The molecule has 160 valence electrons. The molecule has 4 rings (SSSR count). The number of thiazole rings is 1. The molecule has 0 aliphatic rings. The molecule has 32 heavy (non-hydrogen) atoms. The van der Waals surface area contributed by atoms with E-state index in [9.17, 15) is 23.6 Å². The van der Waals surface area contributed by atoms with Gasteiger partial charge in [0.25, 0.3) is 0 Å². The van der Waals surface area contributed by atoms with Crippen molar-refractivity contribution in [2.75, 3.05) is 0 Å². The van der Waals surface area contributed by atoms with Crippen LogP contribution in [0.25, 0.3) is 16.4 Å². The van der Waals surface area contributed by atoms with Crippen LogP contribution in [-0.2, 0) is 16.4 Å². The SMILES string of the molecule is N#Cc1c(Cc2ccc(S(N)(=O)=O)cc2)c(-c2ccccc2)nn1-c1nc(C(=O)O)cs1. The molecule has 0 aliphatic carbocycles. The first-order valence-corrected chi connectivity index (χ1v) is 11.6. The highest BCUT2D eigenvalue weighted by Crippen LogP contribution is 2.30. The zero-order chi connectivity index (χ0) is 22.9. The van der Waals surface area contributed by atoms with Gasteiger partial charge in [0.1, 0.15) is 6.07 Å². The van der Waals surface area contributed by atoms with Gasteiger partial charge in [-0.25, -0.2) is 23.3 Å². The lowest BCUT2D eigenvalue weighted by Gasteiger charge is -2.05. The van der Waals surface area contributed by atoms with Crippen LogP contribution in [0.2, 0.25) is 0 Å². The molecule has 2 aromatic carbocycles. The Morgan fingerprint density at radius 2 is 1.84 bits per heavy atom. The maximum atomic E-state index is 11.5. The minimum Gasteiger partial charge on any atom is -0.476 e. The molecule has 3 N–H and O–H groups in total. The Kier molecular flexibility index (Phi) is 5.58. The van der Waals surface area contributed by atoms with Crippen molar-refractivity contribution in [2.45, 2.75) is 11.3 Å². The number of carbonyl (C=O) groups is 1. The topological polar surface area (TPSA) is 152 Å². The summed E-state index contributed by atoms with van der Waals surface area (Å²) in [5, 5.41) is 30.5. The molecule has 0 saturated heterocycles. The number of rotatable bonds is 6. The molecule has 0 aliphatic heterocycles. The Hall–Kier alpha value is -3.85. The predicted octanol–water partition coefficient (Wildman–Crippen LogP) is 2.80. The maximum Gasteiger partial charge on any atom is 0.355 e. The van der Waals surface area contributed by atoms with Crippen molar-refractivity contribution < 1.29 is 18.3 Å². The van der Waals surface area contributed by atoms with Crippen molar-refractivity contribution in [2.24, 2.45) is 5.14 Å². The van der Waals surface area contributed by atoms with Gasteiger partial charge in [0.2, 0.25) is 15.2 Å². The highest BCUT2D eigenvalue weighted by Gasteiger charge is 2.23. The molecule has 0 spiro atoms. The average molecular weight is 466 g/mol. The number of aromatic nitrogens is 3. The molecule has 0 saturated carbocycles. The summed E-state index contributed by atoms with van der Waals surface area (Å²) in [7, 11) is -3.82. The van der Waals surface area contributed by atoms with Crippen molar-refractivity contribution >= 4 is 27.3 Å². The molecule has 0 amide bonds. The van der Waals surface area contributed by atoms with Gasteiger partial charge in [-0.1, -0.05) is 42.5 Å². The van der Waals surface area contributed by atoms with Gasteiger partial charge in [0, 0.05) is 22.9 Å². The monoisotopic (exact) mass is 465 g/mol. The molecule has 0 atom stereocenters. The summed E-state index contributed by atoms with van der Waals surface area (Å²) in [6, 6.07) is 17.5. The zero-order valence-electron chi connectivity index (χ0n) is 16.3. The van der Waals surface area contributed by atoms with Gasteiger partial charge >= 0.3 is 5.97 Å². The van der Waals surface area contributed by atoms with Crippen molar-refractivity contribution in [3.05, 3.63) is 82.5 Å². The summed E-state index contributed by atoms with van der Waals surface area (Å²) >= 11 is 1.07. The lowest BCUT2D eigenvalue weighted by Crippen LogP contribution is -2.11. The summed E-state index contributed by atoms with van der Waals surface area (Å²) < 4.78 is 24.4. The fourth-order valence-electron chi connectivity index (χ4n) is 3.16. The predicted molar refractivity (Wildman–Crippen MR) is 117 cm³/mol. The number of nitrogens with two attached hydrogens (primary N) is 1. The summed E-state index contributed by atoms with van der Waals surface area (Å²) in [6.07, 6.45) is 0.287. The van der Waals surface area contributed by atoms with Crippen molar-refractivity contribution in [3.8, 4) is 22.5 Å². The quantitative estimate of drug-likeness (QED) is 0.444. The minimum atomic E-state index is -3.82. The van der Waals surface area contributed by atoms with Crippen LogP contribution >= 0.6 is 11.3 Å². The molecule has 9 nitrogen and oxygen atoms in total. The zero-order valence-corrected chi connectivity index (χ0v) is 18.0. The van der Waals surface area contributed by atoms with E-state index in [4.69, 9.17) is 5.14 Å². The number of aromatic carboxylic acids is 1. The lowest BCUT2D eigenvalue weighted by atomic mass is 9.99. The van der Waals surface area contributed by atoms with Crippen LogP contribution in [0, 0.1) is 11.3 Å². The van der Waals surface area contributed by atoms with Crippen LogP contribution in [0.1, 0.15) is 27.3 Å². The summed E-state index contributed by atoms with van der Waals surface area (Å²) in [5.74, 6) is -1.17. The standard InChI is InChI=1S/C21H15N5O4S2/c22-11-18-16(10-13-6-8-15(9-7-13)32(23,29)30)19(14-4-2-1-3-5-14)25-26(18)21-24-17(12-31-21)20(27)28/h1-9,12H,10H2,(H,27,28)(H2,23,29,30). The van der Waals surface area contributed by atoms with E-state index in [2.05, 4.69) is 16.2 Å². The molecule has 0 radical (unpaired) electrons.